The highest BCUT2D eigenvalue weighted by Gasteiger charge is 2.06. The molecule has 6 heteroatoms. The number of nitrogens with one attached hydrogen (secondary N) is 1. The number of H-pyrrole nitrogens is 1. The van der Waals surface area contributed by atoms with E-state index < -0.39 is 17.2 Å². The number of carbonyl (C=O) groups excluding carboxylic acids is 1. The number of nitrogens with two attached hydrogens (primary N) is 1. The van der Waals surface area contributed by atoms with E-state index in [1.165, 1.54) is 7.05 Å². The molecule has 0 unspecified atom stereocenters. The zero-order valence-electron chi connectivity index (χ0n) is 6.33. The molecule has 1 rings (SSSR count). The van der Waals surface area contributed by atoms with Crippen molar-refractivity contribution in [3.05, 3.63) is 32.6 Å². The predicted octanol–water partition coefficient (Wildman–Crippen LogP) is -1.83. The molecule has 0 aliphatic heterocycles. The fourth-order valence-electron chi connectivity index (χ4n) is 0.739. The lowest BCUT2D eigenvalue weighted by Gasteiger charge is -1.96. The van der Waals surface area contributed by atoms with Crippen molar-refractivity contribution >= 4 is 5.91 Å². The minimum atomic E-state index is -0.855. The summed E-state index contributed by atoms with van der Waals surface area (Å²) >= 11 is 0. The SMILES string of the molecule is Cn1cc(C(N)=O)c(=O)[nH]c1=O. The van der Waals surface area contributed by atoms with Crippen LogP contribution in [0.1, 0.15) is 10.4 Å². The third kappa shape index (κ3) is 1.26. The Balaban J connectivity index is 3.54. The summed E-state index contributed by atoms with van der Waals surface area (Å²) < 4.78 is 1.07. The monoisotopic (exact) mass is 169 g/mol. The number of aromatic amines is 1. The maximum Gasteiger partial charge on any atom is 0.328 e. The first-order chi connectivity index (χ1) is 5.52. The van der Waals surface area contributed by atoms with Crippen LogP contribution < -0.4 is 17.0 Å². The van der Waals surface area contributed by atoms with Gasteiger partial charge in [0, 0.05) is 13.2 Å². The largest absolute Gasteiger partial charge is 0.365 e. The maximum atomic E-state index is 10.9. The fraction of sp³-hybridized carbons (Fsp3) is 0.167. The van der Waals surface area contributed by atoms with Crippen LogP contribution in [0.4, 0.5) is 0 Å². The molecule has 3 N–H and O–H groups in total. The zero-order valence-corrected chi connectivity index (χ0v) is 6.33. The predicted molar refractivity (Wildman–Crippen MR) is 40.8 cm³/mol. The van der Waals surface area contributed by atoms with Crippen molar-refractivity contribution < 1.29 is 4.79 Å². The topological polar surface area (TPSA) is 97.9 Å². The van der Waals surface area contributed by atoms with Gasteiger partial charge in [0.15, 0.2) is 0 Å². The lowest BCUT2D eigenvalue weighted by atomic mass is 10.3. The summed E-state index contributed by atoms with van der Waals surface area (Å²) in [5, 5.41) is 0. The third-order valence-electron chi connectivity index (χ3n) is 1.37. The van der Waals surface area contributed by atoms with Gasteiger partial charge in [-0.1, -0.05) is 0 Å². The Morgan fingerprint density at radius 3 is 2.67 bits per heavy atom. The molecule has 1 heterocycles. The summed E-state index contributed by atoms with van der Waals surface area (Å²) in [7, 11) is 1.41. The van der Waals surface area contributed by atoms with Gasteiger partial charge in [0.25, 0.3) is 11.5 Å². The third-order valence-corrected chi connectivity index (χ3v) is 1.37. The lowest BCUT2D eigenvalue weighted by Crippen LogP contribution is -2.33. The van der Waals surface area contributed by atoms with Crippen LogP contribution in [-0.4, -0.2) is 15.5 Å². The van der Waals surface area contributed by atoms with Crippen molar-refractivity contribution in [2.45, 2.75) is 0 Å². The van der Waals surface area contributed by atoms with Crippen LogP contribution in [0.2, 0.25) is 0 Å². The number of primary amides is 1. The van der Waals surface area contributed by atoms with Gasteiger partial charge in [-0.05, 0) is 0 Å². The molecular formula is C6H7N3O3. The van der Waals surface area contributed by atoms with Gasteiger partial charge in [-0.3, -0.25) is 14.6 Å². The highest BCUT2D eigenvalue weighted by molar-refractivity contribution is 5.91. The van der Waals surface area contributed by atoms with Gasteiger partial charge in [0.1, 0.15) is 5.56 Å². The van der Waals surface area contributed by atoms with Crippen molar-refractivity contribution in [1.82, 2.24) is 9.55 Å². The Hall–Kier alpha value is -1.85. The standard InChI is InChI=1S/C6H7N3O3/c1-9-2-3(4(7)10)5(11)8-6(9)12/h2H,1H3,(H2,7,10)(H,8,11,12). The van der Waals surface area contributed by atoms with Crippen molar-refractivity contribution in [2.75, 3.05) is 0 Å². The molecule has 1 amide bonds. The van der Waals surface area contributed by atoms with Crippen molar-refractivity contribution in [3.8, 4) is 0 Å². The van der Waals surface area contributed by atoms with Gasteiger partial charge in [0.2, 0.25) is 0 Å². The van der Waals surface area contributed by atoms with Crippen LogP contribution >= 0.6 is 0 Å². The van der Waals surface area contributed by atoms with E-state index in [9.17, 15) is 14.4 Å². The number of aromatic nitrogens is 2. The molecule has 0 saturated carbocycles. The van der Waals surface area contributed by atoms with Gasteiger partial charge in [-0.15, -0.1) is 0 Å². The van der Waals surface area contributed by atoms with Crippen LogP contribution in [-0.2, 0) is 7.05 Å². The molecule has 0 bridgehead atoms. The number of carbonyl (C=O) groups is 1. The molecule has 0 radical (unpaired) electrons. The van der Waals surface area contributed by atoms with Crippen LogP contribution in [0, 0.1) is 0 Å². The molecule has 1 aromatic heterocycles. The molecule has 0 aliphatic carbocycles. The Kier molecular flexibility index (Phi) is 1.82. The Bertz CT molecular complexity index is 428. The summed E-state index contributed by atoms with van der Waals surface area (Å²) in [5.74, 6) is -0.855. The molecule has 0 saturated heterocycles. The number of amides is 1. The van der Waals surface area contributed by atoms with Gasteiger partial charge < -0.3 is 10.3 Å². The minimum Gasteiger partial charge on any atom is -0.365 e. The smallest absolute Gasteiger partial charge is 0.328 e. The molecule has 0 atom stereocenters. The molecule has 0 fully saturated rings. The van der Waals surface area contributed by atoms with Crippen LogP contribution in [0.3, 0.4) is 0 Å². The van der Waals surface area contributed by atoms with Crippen LogP contribution in [0.25, 0.3) is 0 Å². The van der Waals surface area contributed by atoms with Gasteiger partial charge in [0.05, 0.1) is 0 Å². The summed E-state index contributed by atoms with van der Waals surface area (Å²) in [5.41, 5.74) is 3.30. The van der Waals surface area contributed by atoms with Crippen LogP contribution in [0.5, 0.6) is 0 Å². The first-order valence-electron chi connectivity index (χ1n) is 3.12. The molecular weight excluding hydrogens is 162 g/mol. The average Bonchev–Trinajstić information content (AvgIpc) is 1.96. The lowest BCUT2D eigenvalue weighted by molar-refractivity contribution is 0.0998. The van der Waals surface area contributed by atoms with E-state index in [1.807, 2.05) is 4.98 Å². The van der Waals surface area contributed by atoms with Crippen molar-refractivity contribution in [3.63, 3.8) is 0 Å². The molecule has 12 heavy (non-hydrogen) atoms. The number of nitrogens with zero attached hydrogens (tertiary/aromatic N) is 1. The molecule has 6 nitrogen and oxygen atoms in total. The number of aryl methyl sites for hydroxylation is 1. The highest BCUT2D eigenvalue weighted by Crippen LogP contribution is 1.82. The van der Waals surface area contributed by atoms with E-state index in [2.05, 4.69) is 0 Å². The first-order valence-corrected chi connectivity index (χ1v) is 3.12. The second kappa shape index (κ2) is 2.65. The molecule has 0 spiro atoms. The Morgan fingerprint density at radius 2 is 2.17 bits per heavy atom. The number of hydrogen-bond donors (Lipinski definition) is 2. The van der Waals surface area contributed by atoms with Crippen molar-refractivity contribution in [2.24, 2.45) is 12.8 Å². The van der Waals surface area contributed by atoms with E-state index >= 15 is 0 Å². The summed E-state index contributed by atoms with van der Waals surface area (Å²) in [4.78, 5) is 34.1. The van der Waals surface area contributed by atoms with E-state index in [-0.39, 0.29) is 5.56 Å². The Labute approximate surface area is 66.6 Å². The van der Waals surface area contributed by atoms with E-state index in [0.717, 1.165) is 10.8 Å². The van der Waals surface area contributed by atoms with E-state index in [1.54, 1.807) is 0 Å². The van der Waals surface area contributed by atoms with Crippen molar-refractivity contribution in [1.29, 1.82) is 0 Å². The zero-order chi connectivity index (χ0) is 9.30. The second-order valence-electron chi connectivity index (χ2n) is 2.28. The quantitative estimate of drug-likeness (QED) is 0.517. The number of hydrogen-bond acceptors (Lipinski definition) is 3. The molecule has 1 aromatic rings. The van der Waals surface area contributed by atoms with Gasteiger partial charge in [-0.2, -0.15) is 0 Å². The Morgan fingerprint density at radius 1 is 1.58 bits per heavy atom. The van der Waals surface area contributed by atoms with Gasteiger partial charge >= 0.3 is 5.69 Å². The summed E-state index contributed by atoms with van der Waals surface area (Å²) in [6.45, 7) is 0. The molecule has 0 aliphatic rings. The van der Waals surface area contributed by atoms with Crippen LogP contribution in [0.15, 0.2) is 15.8 Å². The van der Waals surface area contributed by atoms with E-state index in [0.29, 0.717) is 0 Å². The number of rotatable bonds is 1. The second-order valence-corrected chi connectivity index (χ2v) is 2.28. The summed E-state index contributed by atoms with van der Waals surface area (Å²) in [6.07, 6.45) is 1.10. The van der Waals surface area contributed by atoms with Gasteiger partial charge in [-0.25, -0.2) is 4.79 Å². The normalized spacial score (nSPS) is 9.75. The first kappa shape index (κ1) is 8.25. The molecule has 0 aromatic carbocycles. The maximum absolute atomic E-state index is 10.9. The summed E-state index contributed by atoms with van der Waals surface area (Å²) in [6, 6.07) is 0. The van der Waals surface area contributed by atoms with E-state index in [4.69, 9.17) is 5.73 Å². The molecule has 64 valence electrons. The highest BCUT2D eigenvalue weighted by atomic mass is 16.2. The minimum absolute atomic E-state index is 0.225. The average molecular weight is 169 g/mol. The fourth-order valence-corrected chi connectivity index (χ4v) is 0.739.